The Labute approximate surface area is 139 Å². The number of aryl methyl sites for hydroxylation is 1. The standard InChI is InChI=1S/C15H13N3OS3/c1-2-9-3-4-10(21-9)8-16-13(19)12-7-11-14(22-12)17-15-18(11)5-6-20-15/h3-7H,2,8H2,1H3,(H,16,19). The van der Waals surface area contributed by atoms with Crippen molar-refractivity contribution in [2.75, 3.05) is 0 Å². The summed E-state index contributed by atoms with van der Waals surface area (Å²) in [5.74, 6) is -0.0292. The minimum Gasteiger partial charge on any atom is -0.346 e. The van der Waals surface area contributed by atoms with Gasteiger partial charge in [0.05, 0.1) is 16.9 Å². The van der Waals surface area contributed by atoms with Crippen LogP contribution in [0.25, 0.3) is 15.3 Å². The highest BCUT2D eigenvalue weighted by atomic mass is 32.1. The van der Waals surface area contributed by atoms with Crippen molar-refractivity contribution in [3.05, 3.63) is 44.4 Å². The summed E-state index contributed by atoms with van der Waals surface area (Å²) in [6, 6.07) is 6.13. The van der Waals surface area contributed by atoms with Gasteiger partial charge in [0.2, 0.25) is 0 Å². The van der Waals surface area contributed by atoms with Crippen molar-refractivity contribution in [1.29, 1.82) is 0 Å². The smallest absolute Gasteiger partial charge is 0.261 e. The molecule has 0 unspecified atom stereocenters. The van der Waals surface area contributed by atoms with Gasteiger partial charge in [-0.25, -0.2) is 4.98 Å². The van der Waals surface area contributed by atoms with Crippen LogP contribution < -0.4 is 5.32 Å². The van der Waals surface area contributed by atoms with E-state index in [2.05, 4.69) is 29.4 Å². The number of aromatic nitrogens is 2. The molecule has 0 aromatic carbocycles. The monoisotopic (exact) mass is 347 g/mol. The van der Waals surface area contributed by atoms with Gasteiger partial charge >= 0.3 is 0 Å². The van der Waals surface area contributed by atoms with Crippen molar-refractivity contribution >= 4 is 55.2 Å². The zero-order chi connectivity index (χ0) is 15.1. The van der Waals surface area contributed by atoms with Gasteiger partial charge in [-0.3, -0.25) is 9.20 Å². The molecule has 0 radical (unpaired) electrons. The molecule has 0 aliphatic rings. The molecule has 1 amide bonds. The fourth-order valence-corrected chi connectivity index (χ4v) is 4.94. The number of fused-ring (bicyclic) bond motifs is 3. The number of imidazole rings is 1. The summed E-state index contributed by atoms with van der Waals surface area (Å²) in [6.07, 6.45) is 3.03. The van der Waals surface area contributed by atoms with Crippen LogP contribution in [-0.4, -0.2) is 15.3 Å². The molecule has 4 rings (SSSR count). The average molecular weight is 347 g/mol. The zero-order valence-electron chi connectivity index (χ0n) is 11.8. The zero-order valence-corrected chi connectivity index (χ0v) is 14.3. The van der Waals surface area contributed by atoms with Gasteiger partial charge in [0.15, 0.2) is 4.96 Å². The van der Waals surface area contributed by atoms with E-state index >= 15 is 0 Å². The summed E-state index contributed by atoms with van der Waals surface area (Å²) in [4.78, 5) is 22.0. The molecule has 0 bridgehead atoms. The number of thiophene rings is 2. The molecule has 7 heteroatoms. The molecule has 0 aliphatic carbocycles. The maximum atomic E-state index is 12.3. The summed E-state index contributed by atoms with van der Waals surface area (Å²) >= 11 is 4.80. The van der Waals surface area contributed by atoms with Crippen molar-refractivity contribution in [2.45, 2.75) is 19.9 Å². The summed E-state index contributed by atoms with van der Waals surface area (Å²) in [5, 5.41) is 4.99. The summed E-state index contributed by atoms with van der Waals surface area (Å²) < 4.78 is 2.03. The number of nitrogens with one attached hydrogen (secondary N) is 1. The van der Waals surface area contributed by atoms with Crippen molar-refractivity contribution in [2.24, 2.45) is 0 Å². The van der Waals surface area contributed by atoms with Crippen LogP contribution in [0, 0.1) is 0 Å². The van der Waals surface area contributed by atoms with Crippen molar-refractivity contribution in [3.8, 4) is 0 Å². The molecule has 0 spiro atoms. The maximum Gasteiger partial charge on any atom is 0.261 e. The van der Waals surface area contributed by atoms with Gasteiger partial charge in [-0.1, -0.05) is 6.92 Å². The molecule has 0 saturated carbocycles. The summed E-state index contributed by atoms with van der Waals surface area (Å²) in [7, 11) is 0. The van der Waals surface area contributed by atoms with Gasteiger partial charge in [-0.2, -0.15) is 0 Å². The van der Waals surface area contributed by atoms with Gasteiger partial charge in [0, 0.05) is 21.3 Å². The third-order valence-electron chi connectivity index (χ3n) is 3.45. The first kappa shape index (κ1) is 13.9. The number of carbonyl (C=O) groups excluding carboxylic acids is 1. The second-order valence-corrected chi connectivity index (χ2v) is 8.03. The van der Waals surface area contributed by atoms with Crippen molar-refractivity contribution in [3.63, 3.8) is 0 Å². The Morgan fingerprint density at radius 2 is 2.18 bits per heavy atom. The SMILES string of the molecule is CCc1ccc(CNC(=O)c2cc3c(nc4sccn43)s2)s1. The van der Waals surface area contributed by atoms with Crippen molar-refractivity contribution < 1.29 is 4.79 Å². The first-order valence-electron chi connectivity index (χ1n) is 6.95. The molecule has 0 atom stereocenters. The molecule has 0 saturated heterocycles. The lowest BCUT2D eigenvalue weighted by Crippen LogP contribution is -2.21. The largest absolute Gasteiger partial charge is 0.346 e. The lowest BCUT2D eigenvalue weighted by atomic mass is 10.3. The van der Waals surface area contributed by atoms with Gasteiger partial charge < -0.3 is 5.32 Å². The molecule has 4 aromatic rings. The molecule has 4 aromatic heterocycles. The Hall–Kier alpha value is -1.70. The minimum atomic E-state index is -0.0292. The number of thiazole rings is 1. The fourth-order valence-electron chi connectivity index (χ4n) is 2.32. The van der Waals surface area contributed by atoms with E-state index in [1.54, 1.807) is 22.7 Å². The highest BCUT2D eigenvalue weighted by Gasteiger charge is 2.15. The number of hydrogen-bond acceptors (Lipinski definition) is 5. The number of amides is 1. The lowest BCUT2D eigenvalue weighted by Gasteiger charge is -2.00. The summed E-state index contributed by atoms with van der Waals surface area (Å²) in [5.41, 5.74) is 1.01. The minimum absolute atomic E-state index is 0.0292. The Morgan fingerprint density at radius 1 is 1.32 bits per heavy atom. The molecule has 22 heavy (non-hydrogen) atoms. The number of carbonyl (C=O) groups is 1. The second-order valence-electron chi connectivity index (χ2n) is 4.87. The van der Waals surface area contributed by atoms with E-state index < -0.39 is 0 Å². The van der Waals surface area contributed by atoms with Crippen LogP contribution in [0.15, 0.2) is 29.8 Å². The van der Waals surface area contributed by atoms with Crippen LogP contribution in [0.3, 0.4) is 0 Å². The van der Waals surface area contributed by atoms with Gasteiger partial charge in [0.25, 0.3) is 5.91 Å². The van der Waals surface area contributed by atoms with Crippen LogP contribution in [0.2, 0.25) is 0 Å². The Bertz CT molecular complexity index is 959. The first-order chi connectivity index (χ1) is 10.7. The lowest BCUT2D eigenvalue weighted by molar-refractivity contribution is 0.0955. The molecule has 0 aliphatic heterocycles. The molecule has 112 valence electrons. The van der Waals surface area contributed by atoms with Crippen LogP contribution in [-0.2, 0) is 13.0 Å². The Kier molecular flexibility index (Phi) is 3.48. The van der Waals surface area contributed by atoms with Crippen LogP contribution in [0.1, 0.15) is 26.3 Å². The maximum absolute atomic E-state index is 12.3. The van der Waals surface area contributed by atoms with E-state index in [9.17, 15) is 4.79 Å². The van der Waals surface area contributed by atoms with E-state index in [1.807, 2.05) is 22.0 Å². The predicted octanol–water partition coefficient (Wildman–Crippen LogP) is 4.16. The van der Waals surface area contributed by atoms with E-state index in [4.69, 9.17) is 0 Å². The third kappa shape index (κ3) is 2.35. The van der Waals surface area contributed by atoms with E-state index in [0.29, 0.717) is 11.4 Å². The molecule has 4 nitrogen and oxygen atoms in total. The van der Waals surface area contributed by atoms with Crippen LogP contribution in [0.5, 0.6) is 0 Å². The van der Waals surface area contributed by atoms with Crippen molar-refractivity contribution in [1.82, 2.24) is 14.7 Å². The Morgan fingerprint density at radius 3 is 3.00 bits per heavy atom. The Balaban J connectivity index is 1.52. The molecule has 4 heterocycles. The number of nitrogens with zero attached hydrogens (tertiary/aromatic N) is 2. The van der Waals surface area contributed by atoms with Gasteiger partial charge in [-0.05, 0) is 24.6 Å². The number of hydrogen-bond donors (Lipinski definition) is 1. The number of rotatable bonds is 4. The quantitative estimate of drug-likeness (QED) is 0.602. The molecular weight excluding hydrogens is 334 g/mol. The van der Waals surface area contributed by atoms with Gasteiger partial charge in [0.1, 0.15) is 4.83 Å². The highest BCUT2D eigenvalue weighted by molar-refractivity contribution is 7.21. The fraction of sp³-hybridized carbons (Fsp3) is 0.200. The van der Waals surface area contributed by atoms with Crippen LogP contribution in [0.4, 0.5) is 0 Å². The van der Waals surface area contributed by atoms with Crippen LogP contribution >= 0.6 is 34.0 Å². The van der Waals surface area contributed by atoms with E-state index in [0.717, 1.165) is 21.7 Å². The second kappa shape index (κ2) is 5.49. The van der Waals surface area contributed by atoms with E-state index in [-0.39, 0.29) is 5.91 Å². The first-order valence-corrected chi connectivity index (χ1v) is 9.46. The van der Waals surface area contributed by atoms with Gasteiger partial charge in [-0.15, -0.1) is 34.0 Å². The highest BCUT2D eigenvalue weighted by Crippen LogP contribution is 2.28. The summed E-state index contributed by atoms with van der Waals surface area (Å²) in [6.45, 7) is 2.72. The normalized spacial score (nSPS) is 11.5. The third-order valence-corrected chi connectivity index (χ3v) is 6.46. The molecular formula is C15H13N3OS3. The topological polar surface area (TPSA) is 46.4 Å². The molecule has 1 N–H and O–H groups in total. The average Bonchev–Trinajstić information content (AvgIpc) is 3.25. The molecule has 0 fully saturated rings. The predicted molar refractivity (Wildman–Crippen MR) is 93.3 cm³/mol. The van der Waals surface area contributed by atoms with E-state index in [1.165, 1.54) is 21.1 Å².